The Labute approximate surface area is 150 Å². The van der Waals surface area contributed by atoms with Gasteiger partial charge in [-0.1, -0.05) is 24.3 Å². The van der Waals surface area contributed by atoms with Gasteiger partial charge in [0.15, 0.2) is 0 Å². The monoisotopic (exact) mass is 348 g/mol. The Balaban J connectivity index is 2.06. The van der Waals surface area contributed by atoms with E-state index in [-0.39, 0.29) is 30.2 Å². The number of benzene rings is 2. The van der Waals surface area contributed by atoms with Gasteiger partial charge in [0.25, 0.3) is 0 Å². The van der Waals surface area contributed by atoms with E-state index in [1.165, 1.54) is 12.0 Å². The molecule has 6 heteroatoms. The summed E-state index contributed by atoms with van der Waals surface area (Å²) in [5.41, 5.74) is 2.08. The summed E-state index contributed by atoms with van der Waals surface area (Å²) in [5, 5.41) is 19.6. The first-order valence-corrected chi connectivity index (χ1v) is 7.94. The number of aliphatic hydroxyl groups is 1. The highest BCUT2D eigenvalue weighted by Gasteiger charge is 2.31. The number of carbonyl (C=O) groups excluding carboxylic acids is 2. The van der Waals surface area contributed by atoms with Crippen LogP contribution < -0.4 is 4.90 Å². The lowest BCUT2D eigenvalue weighted by atomic mass is 10.1. The lowest BCUT2D eigenvalue weighted by Gasteiger charge is -2.23. The summed E-state index contributed by atoms with van der Waals surface area (Å²) in [4.78, 5) is 26.3. The topological polar surface area (TPSA) is 90.6 Å². The molecule has 2 aromatic carbocycles. The van der Waals surface area contributed by atoms with Gasteiger partial charge in [-0.25, -0.2) is 4.79 Å². The van der Waals surface area contributed by atoms with Crippen LogP contribution in [0.25, 0.3) is 5.76 Å². The van der Waals surface area contributed by atoms with Crippen molar-refractivity contribution in [1.82, 2.24) is 0 Å². The Morgan fingerprint density at radius 3 is 2.77 bits per heavy atom. The molecule has 0 aliphatic carbocycles. The second-order valence-electron chi connectivity index (χ2n) is 5.80. The van der Waals surface area contributed by atoms with E-state index in [2.05, 4.69) is 6.07 Å². The predicted molar refractivity (Wildman–Crippen MR) is 95.0 cm³/mol. The van der Waals surface area contributed by atoms with Crippen molar-refractivity contribution in [2.24, 2.45) is 0 Å². The van der Waals surface area contributed by atoms with Crippen LogP contribution in [0.15, 0.2) is 54.1 Å². The van der Waals surface area contributed by atoms with Crippen molar-refractivity contribution in [3.63, 3.8) is 0 Å². The van der Waals surface area contributed by atoms with E-state index in [1.807, 2.05) is 6.07 Å². The average Bonchev–Trinajstić information content (AvgIpc) is 2.78. The third kappa shape index (κ3) is 3.15. The predicted octanol–water partition coefficient (Wildman–Crippen LogP) is 2.94. The lowest BCUT2D eigenvalue weighted by molar-refractivity contribution is -0.137. The molecule has 0 radical (unpaired) electrons. The maximum Gasteiger partial charge on any atom is 0.338 e. The van der Waals surface area contributed by atoms with Gasteiger partial charge in [-0.15, -0.1) is 0 Å². The first-order valence-electron chi connectivity index (χ1n) is 7.94. The van der Waals surface area contributed by atoms with E-state index in [0.29, 0.717) is 16.8 Å². The number of nitriles is 1. The molecule has 130 valence electrons. The summed E-state index contributed by atoms with van der Waals surface area (Å²) in [7, 11) is 1.20. The van der Waals surface area contributed by atoms with Crippen LogP contribution in [0, 0.1) is 11.3 Å². The van der Waals surface area contributed by atoms with Gasteiger partial charge in [0.2, 0.25) is 5.91 Å². The Kier molecular flexibility index (Phi) is 4.72. The number of ether oxygens (including phenoxy) is 1. The van der Waals surface area contributed by atoms with Crippen molar-refractivity contribution in [2.75, 3.05) is 12.0 Å². The number of aliphatic hydroxyl groups excluding tert-OH is 1. The third-order valence-electron chi connectivity index (χ3n) is 4.19. The van der Waals surface area contributed by atoms with Crippen molar-refractivity contribution in [3.05, 3.63) is 70.8 Å². The Hall–Kier alpha value is -3.59. The van der Waals surface area contributed by atoms with Crippen molar-refractivity contribution in [3.8, 4) is 6.07 Å². The molecular weight excluding hydrogens is 332 g/mol. The molecule has 1 amide bonds. The van der Waals surface area contributed by atoms with Gasteiger partial charge in [0, 0.05) is 5.56 Å². The van der Waals surface area contributed by atoms with Crippen LogP contribution in [0.4, 0.5) is 5.69 Å². The van der Waals surface area contributed by atoms with E-state index in [1.54, 1.807) is 42.5 Å². The van der Waals surface area contributed by atoms with Crippen LogP contribution >= 0.6 is 0 Å². The summed E-state index contributed by atoms with van der Waals surface area (Å²) >= 11 is 0. The number of para-hydroxylation sites is 1. The molecule has 0 fully saturated rings. The van der Waals surface area contributed by atoms with E-state index < -0.39 is 5.97 Å². The first-order chi connectivity index (χ1) is 12.5. The molecule has 0 atom stereocenters. The minimum Gasteiger partial charge on any atom is -0.507 e. The maximum absolute atomic E-state index is 12.8. The third-order valence-corrected chi connectivity index (χ3v) is 4.19. The number of carbonyl (C=O) groups is 2. The summed E-state index contributed by atoms with van der Waals surface area (Å²) in [5.74, 6) is -1.34. The fourth-order valence-electron chi connectivity index (χ4n) is 2.92. The maximum atomic E-state index is 12.8. The standard InChI is InChI=1S/C20H16N2O4/c1-26-20(25)16-10-18(23)22(12-14-6-4-5-13(9-14)11-21)17-8-3-2-7-15(17)19(16)24/h2-9,24H,10,12H2,1H3. The van der Waals surface area contributed by atoms with Gasteiger partial charge in [0.05, 0.1) is 43.0 Å². The quantitative estimate of drug-likeness (QED) is 0.861. The molecule has 1 aliphatic rings. The molecule has 1 aliphatic heterocycles. The molecule has 3 rings (SSSR count). The van der Waals surface area contributed by atoms with E-state index in [4.69, 9.17) is 10.00 Å². The molecule has 6 nitrogen and oxygen atoms in total. The SMILES string of the molecule is COC(=O)C1=C(O)c2ccccc2N(Cc2cccc(C#N)c2)C(=O)C1. The van der Waals surface area contributed by atoms with Crippen LogP contribution in [-0.2, 0) is 20.9 Å². The van der Waals surface area contributed by atoms with Gasteiger partial charge < -0.3 is 14.7 Å². The van der Waals surface area contributed by atoms with E-state index in [9.17, 15) is 14.7 Å². The molecule has 0 bridgehead atoms. The molecule has 26 heavy (non-hydrogen) atoms. The van der Waals surface area contributed by atoms with Gasteiger partial charge in [-0.2, -0.15) is 5.26 Å². The molecule has 1 heterocycles. The summed E-state index contributed by atoms with van der Waals surface area (Å²) in [6, 6.07) is 15.8. The van der Waals surface area contributed by atoms with Crippen molar-refractivity contribution < 1.29 is 19.4 Å². The smallest absolute Gasteiger partial charge is 0.338 e. The molecule has 0 spiro atoms. The zero-order valence-corrected chi connectivity index (χ0v) is 14.1. The van der Waals surface area contributed by atoms with Crippen molar-refractivity contribution >= 4 is 23.3 Å². The highest BCUT2D eigenvalue weighted by Crippen LogP contribution is 2.34. The zero-order valence-electron chi connectivity index (χ0n) is 14.1. The molecule has 0 unspecified atom stereocenters. The summed E-state index contributed by atoms with van der Waals surface area (Å²) in [6.07, 6.45) is -0.273. The van der Waals surface area contributed by atoms with Crippen LogP contribution in [0.1, 0.15) is 23.1 Å². The average molecular weight is 348 g/mol. The molecule has 0 aromatic heterocycles. The van der Waals surface area contributed by atoms with Crippen LogP contribution in [-0.4, -0.2) is 24.1 Å². The molecule has 0 saturated heterocycles. The Morgan fingerprint density at radius 2 is 2.04 bits per heavy atom. The number of fused-ring (bicyclic) bond motifs is 1. The highest BCUT2D eigenvalue weighted by molar-refractivity contribution is 6.09. The lowest BCUT2D eigenvalue weighted by Crippen LogP contribution is -2.30. The number of hydrogen-bond donors (Lipinski definition) is 1. The van der Waals surface area contributed by atoms with Crippen molar-refractivity contribution in [1.29, 1.82) is 5.26 Å². The summed E-state index contributed by atoms with van der Waals surface area (Å²) in [6.45, 7) is 0.215. The van der Waals surface area contributed by atoms with Crippen LogP contribution in [0.2, 0.25) is 0 Å². The zero-order chi connectivity index (χ0) is 18.7. The minimum absolute atomic E-state index is 0.0711. The number of anilines is 1. The number of esters is 1. The largest absolute Gasteiger partial charge is 0.507 e. The van der Waals surface area contributed by atoms with E-state index in [0.717, 1.165) is 5.56 Å². The number of hydrogen-bond acceptors (Lipinski definition) is 5. The van der Waals surface area contributed by atoms with Gasteiger partial charge in [-0.3, -0.25) is 4.79 Å². The number of methoxy groups -OCH3 is 1. The first kappa shape index (κ1) is 17.2. The molecule has 0 saturated carbocycles. The fourth-order valence-corrected chi connectivity index (χ4v) is 2.92. The highest BCUT2D eigenvalue weighted by atomic mass is 16.5. The molecule has 1 N–H and O–H groups in total. The number of amides is 1. The second-order valence-corrected chi connectivity index (χ2v) is 5.80. The number of nitrogens with zero attached hydrogens (tertiary/aromatic N) is 2. The van der Waals surface area contributed by atoms with Gasteiger partial charge in [0.1, 0.15) is 5.76 Å². The fraction of sp³-hybridized carbons (Fsp3) is 0.150. The number of rotatable bonds is 3. The van der Waals surface area contributed by atoms with Crippen molar-refractivity contribution in [2.45, 2.75) is 13.0 Å². The van der Waals surface area contributed by atoms with Gasteiger partial charge in [-0.05, 0) is 29.8 Å². The Bertz CT molecular complexity index is 956. The minimum atomic E-state index is -0.737. The van der Waals surface area contributed by atoms with Crippen LogP contribution in [0.5, 0.6) is 0 Å². The van der Waals surface area contributed by atoms with Crippen LogP contribution in [0.3, 0.4) is 0 Å². The normalized spacial score (nSPS) is 13.7. The second kappa shape index (κ2) is 7.11. The van der Waals surface area contributed by atoms with Gasteiger partial charge >= 0.3 is 5.97 Å². The Morgan fingerprint density at radius 1 is 1.27 bits per heavy atom. The molecule has 2 aromatic rings. The summed E-state index contributed by atoms with van der Waals surface area (Å²) < 4.78 is 4.70. The molecular formula is C20H16N2O4. The van der Waals surface area contributed by atoms with E-state index >= 15 is 0 Å².